The van der Waals surface area contributed by atoms with E-state index in [0.717, 1.165) is 32.5 Å². The maximum Gasteiger partial charge on any atom is 0.248 e. The van der Waals surface area contributed by atoms with Gasteiger partial charge in [0.1, 0.15) is 6.61 Å². The fourth-order valence-corrected chi connectivity index (χ4v) is 2.12. The Balaban J connectivity index is 1.73. The molecule has 0 aromatic rings. The van der Waals surface area contributed by atoms with Gasteiger partial charge in [-0.15, -0.1) is 0 Å². The minimum atomic E-state index is 0.161. The van der Waals surface area contributed by atoms with Crippen LogP contribution in [0.3, 0.4) is 0 Å². The van der Waals surface area contributed by atoms with Gasteiger partial charge < -0.3 is 15.0 Å². The van der Waals surface area contributed by atoms with Crippen LogP contribution >= 0.6 is 0 Å². The fraction of sp³-hybridized carbons (Fsp3) is 0.909. The lowest BCUT2D eigenvalue weighted by atomic mass is 10.0. The third-order valence-corrected chi connectivity index (χ3v) is 3.31. The summed E-state index contributed by atoms with van der Waals surface area (Å²) in [6, 6.07) is 0.398. The van der Waals surface area contributed by atoms with E-state index in [4.69, 9.17) is 4.74 Å². The first kappa shape index (κ1) is 10.9. The molecule has 0 saturated carbocycles. The first-order valence-corrected chi connectivity index (χ1v) is 5.89. The van der Waals surface area contributed by atoms with Gasteiger partial charge in [-0.2, -0.15) is 0 Å². The summed E-state index contributed by atoms with van der Waals surface area (Å²) in [5, 5.41) is 3.12. The molecule has 0 aliphatic carbocycles. The zero-order valence-electron chi connectivity index (χ0n) is 9.37. The molecule has 4 nitrogen and oxygen atoms in total. The molecule has 2 rings (SSSR count). The summed E-state index contributed by atoms with van der Waals surface area (Å²) in [5.41, 5.74) is 0. The molecule has 15 heavy (non-hydrogen) atoms. The van der Waals surface area contributed by atoms with Crippen LogP contribution in [0, 0.1) is 0 Å². The van der Waals surface area contributed by atoms with Gasteiger partial charge in [0, 0.05) is 25.7 Å². The summed E-state index contributed by atoms with van der Waals surface area (Å²) < 4.78 is 5.49. The van der Waals surface area contributed by atoms with E-state index in [1.807, 2.05) is 4.90 Å². The number of carbonyl (C=O) groups is 1. The van der Waals surface area contributed by atoms with Crippen LogP contribution in [0.25, 0.3) is 0 Å². The van der Waals surface area contributed by atoms with Crippen LogP contribution in [0.15, 0.2) is 0 Å². The van der Waals surface area contributed by atoms with Crippen LogP contribution in [0.4, 0.5) is 0 Å². The quantitative estimate of drug-likeness (QED) is 0.735. The van der Waals surface area contributed by atoms with Gasteiger partial charge in [-0.3, -0.25) is 4.79 Å². The first-order chi connectivity index (χ1) is 7.27. The summed E-state index contributed by atoms with van der Waals surface area (Å²) in [6.07, 6.45) is 3.78. The SMILES string of the molecule is CC1CCCCN1C(=O)COC1CNC1. The molecule has 0 aromatic heterocycles. The molecule has 1 amide bonds. The summed E-state index contributed by atoms with van der Waals surface area (Å²) >= 11 is 0. The Morgan fingerprint density at radius 2 is 2.27 bits per heavy atom. The molecule has 86 valence electrons. The molecule has 0 bridgehead atoms. The molecule has 2 fully saturated rings. The topological polar surface area (TPSA) is 41.6 Å². The zero-order valence-corrected chi connectivity index (χ0v) is 9.37. The Labute approximate surface area is 91.0 Å². The van der Waals surface area contributed by atoms with Gasteiger partial charge in [-0.05, 0) is 26.2 Å². The number of ether oxygens (including phenoxy) is 1. The van der Waals surface area contributed by atoms with Crippen LogP contribution in [0.1, 0.15) is 26.2 Å². The lowest BCUT2D eigenvalue weighted by Crippen LogP contribution is -2.51. The summed E-state index contributed by atoms with van der Waals surface area (Å²) in [7, 11) is 0. The lowest BCUT2D eigenvalue weighted by Gasteiger charge is -2.34. The van der Waals surface area contributed by atoms with Crippen LogP contribution in [0.2, 0.25) is 0 Å². The number of hydrogen-bond donors (Lipinski definition) is 1. The maximum absolute atomic E-state index is 11.8. The van der Waals surface area contributed by atoms with Crippen molar-refractivity contribution in [2.75, 3.05) is 26.2 Å². The Bertz CT molecular complexity index is 229. The van der Waals surface area contributed by atoms with Crippen LogP contribution in [-0.4, -0.2) is 49.2 Å². The highest BCUT2D eigenvalue weighted by Gasteiger charge is 2.25. The van der Waals surface area contributed by atoms with Gasteiger partial charge in [0.2, 0.25) is 5.91 Å². The average Bonchev–Trinajstić information content (AvgIpc) is 2.16. The van der Waals surface area contributed by atoms with E-state index in [1.54, 1.807) is 0 Å². The summed E-state index contributed by atoms with van der Waals surface area (Å²) in [4.78, 5) is 13.8. The van der Waals surface area contributed by atoms with E-state index in [1.165, 1.54) is 6.42 Å². The number of rotatable bonds is 3. The molecule has 1 atom stereocenters. The lowest BCUT2D eigenvalue weighted by molar-refractivity contribution is -0.142. The fourth-order valence-electron chi connectivity index (χ4n) is 2.12. The molecule has 2 aliphatic rings. The van der Waals surface area contributed by atoms with E-state index in [-0.39, 0.29) is 18.6 Å². The predicted molar refractivity (Wildman–Crippen MR) is 57.6 cm³/mol. The van der Waals surface area contributed by atoms with Gasteiger partial charge >= 0.3 is 0 Å². The van der Waals surface area contributed by atoms with Crippen LogP contribution in [-0.2, 0) is 9.53 Å². The van der Waals surface area contributed by atoms with E-state index in [2.05, 4.69) is 12.2 Å². The number of likely N-dealkylation sites (tertiary alicyclic amines) is 1. The van der Waals surface area contributed by atoms with Gasteiger partial charge in [-0.1, -0.05) is 0 Å². The van der Waals surface area contributed by atoms with Crippen molar-refractivity contribution in [3.63, 3.8) is 0 Å². The second-order valence-corrected chi connectivity index (χ2v) is 4.52. The highest BCUT2D eigenvalue weighted by atomic mass is 16.5. The third kappa shape index (κ3) is 2.69. The molecule has 1 N–H and O–H groups in total. The Morgan fingerprint density at radius 3 is 2.87 bits per heavy atom. The normalized spacial score (nSPS) is 27.5. The van der Waals surface area contributed by atoms with Gasteiger partial charge in [0.05, 0.1) is 6.10 Å². The Morgan fingerprint density at radius 1 is 1.47 bits per heavy atom. The molecular formula is C11H20N2O2. The van der Waals surface area contributed by atoms with E-state index < -0.39 is 0 Å². The Hall–Kier alpha value is -0.610. The minimum Gasteiger partial charge on any atom is -0.366 e. The highest BCUT2D eigenvalue weighted by molar-refractivity contribution is 5.77. The molecule has 4 heteroatoms. The van der Waals surface area contributed by atoms with Crippen molar-refractivity contribution in [3.05, 3.63) is 0 Å². The van der Waals surface area contributed by atoms with E-state index in [9.17, 15) is 4.79 Å². The van der Waals surface area contributed by atoms with E-state index in [0.29, 0.717) is 6.04 Å². The average molecular weight is 212 g/mol. The summed E-state index contributed by atoms with van der Waals surface area (Å²) in [5.74, 6) is 0.161. The molecule has 2 heterocycles. The van der Waals surface area contributed by atoms with Crippen molar-refractivity contribution in [2.45, 2.75) is 38.3 Å². The smallest absolute Gasteiger partial charge is 0.248 e. The Kier molecular flexibility index (Phi) is 3.59. The van der Waals surface area contributed by atoms with Gasteiger partial charge in [0.25, 0.3) is 0 Å². The summed E-state index contributed by atoms with van der Waals surface area (Å²) in [6.45, 7) is 5.08. The second-order valence-electron chi connectivity index (χ2n) is 4.52. The molecule has 2 saturated heterocycles. The number of hydrogen-bond acceptors (Lipinski definition) is 3. The molecular weight excluding hydrogens is 192 g/mol. The van der Waals surface area contributed by atoms with Gasteiger partial charge in [0.15, 0.2) is 0 Å². The number of nitrogens with one attached hydrogen (secondary N) is 1. The molecule has 1 unspecified atom stereocenters. The van der Waals surface area contributed by atoms with Crippen LogP contribution < -0.4 is 5.32 Å². The van der Waals surface area contributed by atoms with Gasteiger partial charge in [-0.25, -0.2) is 0 Å². The van der Waals surface area contributed by atoms with Crippen LogP contribution in [0.5, 0.6) is 0 Å². The second kappa shape index (κ2) is 4.94. The predicted octanol–water partition coefficient (Wildman–Crippen LogP) is 0.376. The number of nitrogens with zero attached hydrogens (tertiary/aromatic N) is 1. The molecule has 0 aromatic carbocycles. The van der Waals surface area contributed by atoms with Crippen molar-refractivity contribution in [1.29, 1.82) is 0 Å². The standard InChI is InChI=1S/C11H20N2O2/c1-9-4-2-3-5-13(9)11(14)8-15-10-6-12-7-10/h9-10,12H,2-8H2,1H3. The largest absolute Gasteiger partial charge is 0.366 e. The van der Waals surface area contributed by atoms with Crippen molar-refractivity contribution in [1.82, 2.24) is 10.2 Å². The van der Waals surface area contributed by atoms with Crippen molar-refractivity contribution < 1.29 is 9.53 Å². The minimum absolute atomic E-state index is 0.161. The van der Waals surface area contributed by atoms with Crippen molar-refractivity contribution in [2.24, 2.45) is 0 Å². The monoisotopic (exact) mass is 212 g/mol. The van der Waals surface area contributed by atoms with Crippen molar-refractivity contribution in [3.8, 4) is 0 Å². The number of amides is 1. The van der Waals surface area contributed by atoms with E-state index >= 15 is 0 Å². The molecule has 0 spiro atoms. The molecule has 2 aliphatic heterocycles. The highest BCUT2D eigenvalue weighted by Crippen LogP contribution is 2.16. The first-order valence-electron chi connectivity index (χ1n) is 5.89. The maximum atomic E-state index is 11.8. The number of piperidine rings is 1. The van der Waals surface area contributed by atoms with Crippen molar-refractivity contribution >= 4 is 5.91 Å². The zero-order chi connectivity index (χ0) is 10.7. The number of carbonyl (C=O) groups excluding carboxylic acids is 1. The molecule has 0 radical (unpaired) electrons. The third-order valence-electron chi connectivity index (χ3n) is 3.31.